The Morgan fingerprint density at radius 2 is 2.24 bits per heavy atom. The summed E-state index contributed by atoms with van der Waals surface area (Å²) in [5.41, 5.74) is 1.13. The molecule has 1 aromatic heterocycles. The van der Waals surface area contributed by atoms with Gasteiger partial charge in [0.15, 0.2) is 0 Å². The van der Waals surface area contributed by atoms with Gasteiger partial charge in [-0.1, -0.05) is 11.8 Å². The molecule has 1 aromatic rings. The number of pyridine rings is 1. The summed E-state index contributed by atoms with van der Waals surface area (Å²) in [6, 6.07) is 1.70. The van der Waals surface area contributed by atoms with Gasteiger partial charge in [-0.15, -0.1) is 0 Å². The fourth-order valence-electron chi connectivity index (χ4n) is 3.35. The Morgan fingerprint density at radius 3 is 3.00 bits per heavy atom. The van der Waals surface area contributed by atoms with Gasteiger partial charge >= 0.3 is 0 Å². The van der Waals surface area contributed by atoms with Crippen LogP contribution in [0.2, 0.25) is 0 Å². The highest BCUT2D eigenvalue weighted by Gasteiger charge is 2.43. The van der Waals surface area contributed by atoms with Crippen molar-refractivity contribution in [2.45, 2.75) is 18.9 Å². The lowest BCUT2D eigenvalue weighted by Crippen LogP contribution is -2.31. The molecule has 21 heavy (non-hydrogen) atoms. The van der Waals surface area contributed by atoms with Gasteiger partial charge in [0.2, 0.25) is 0 Å². The summed E-state index contributed by atoms with van der Waals surface area (Å²) in [6.45, 7) is 1.12. The molecule has 1 amide bonds. The molecular formula is C16H18N2O3. The number of nitrogens with zero attached hydrogens (tertiary/aromatic N) is 2. The van der Waals surface area contributed by atoms with Crippen molar-refractivity contribution in [2.75, 3.05) is 19.7 Å². The number of likely N-dealkylation sites (tertiary alicyclic amines) is 1. The summed E-state index contributed by atoms with van der Waals surface area (Å²) < 4.78 is 0. The third-order valence-corrected chi connectivity index (χ3v) is 4.40. The normalized spacial score (nSPS) is 27.1. The number of aliphatic hydroxyl groups excluding tert-OH is 2. The first-order chi connectivity index (χ1) is 10.2. The van der Waals surface area contributed by atoms with Crippen molar-refractivity contribution >= 4 is 5.91 Å². The van der Waals surface area contributed by atoms with Crippen molar-refractivity contribution in [1.82, 2.24) is 9.88 Å². The SMILES string of the molecule is O=C(c1cncc(C#CCO)c1)N1CC2CCC(O)C2C1. The van der Waals surface area contributed by atoms with Gasteiger partial charge in [0.05, 0.1) is 11.7 Å². The quantitative estimate of drug-likeness (QED) is 0.727. The molecule has 2 fully saturated rings. The fraction of sp³-hybridized carbons (Fsp3) is 0.500. The van der Waals surface area contributed by atoms with Crippen molar-refractivity contribution in [3.05, 3.63) is 29.6 Å². The minimum Gasteiger partial charge on any atom is -0.393 e. The van der Waals surface area contributed by atoms with Gasteiger partial charge in [-0.3, -0.25) is 9.78 Å². The molecule has 1 saturated carbocycles. The molecule has 5 nitrogen and oxygen atoms in total. The van der Waals surface area contributed by atoms with E-state index >= 15 is 0 Å². The van der Waals surface area contributed by atoms with Crippen molar-refractivity contribution in [3.8, 4) is 11.8 Å². The third kappa shape index (κ3) is 2.78. The van der Waals surface area contributed by atoms with Crippen LogP contribution >= 0.6 is 0 Å². The fourth-order valence-corrected chi connectivity index (χ4v) is 3.35. The summed E-state index contributed by atoms with van der Waals surface area (Å²) in [4.78, 5) is 18.4. The first-order valence-electron chi connectivity index (χ1n) is 7.21. The number of carbonyl (C=O) groups excluding carboxylic acids is 1. The number of amides is 1. The Bertz CT molecular complexity index is 605. The van der Waals surface area contributed by atoms with Crippen LogP contribution in [0.4, 0.5) is 0 Å². The lowest BCUT2D eigenvalue weighted by Gasteiger charge is -2.18. The lowest BCUT2D eigenvalue weighted by molar-refractivity contribution is 0.0752. The van der Waals surface area contributed by atoms with E-state index in [0.29, 0.717) is 30.1 Å². The molecule has 0 radical (unpaired) electrons. The smallest absolute Gasteiger partial charge is 0.255 e. The van der Waals surface area contributed by atoms with Gasteiger partial charge in [0.25, 0.3) is 5.91 Å². The van der Waals surface area contributed by atoms with Crippen LogP contribution in [-0.2, 0) is 0 Å². The molecule has 3 rings (SSSR count). The second-order valence-electron chi connectivity index (χ2n) is 5.70. The molecule has 0 aromatic carbocycles. The van der Waals surface area contributed by atoms with E-state index in [1.807, 2.05) is 0 Å². The van der Waals surface area contributed by atoms with Crippen molar-refractivity contribution < 1.29 is 15.0 Å². The van der Waals surface area contributed by atoms with Gasteiger partial charge in [0.1, 0.15) is 6.61 Å². The maximum Gasteiger partial charge on any atom is 0.255 e. The highest BCUT2D eigenvalue weighted by Crippen LogP contribution is 2.38. The molecule has 0 bridgehead atoms. The van der Waals surface area contributed by atoms with Crippen LogP contribution < -0.4 is 0 Å². The predicted octanol–water partition coefficient (Wildman–Crippen LogP) is 0.268. The van der Waals surface area contributed by atoms with E-state index in [-0.39, 0.29) is 24.5 Å². The van der Waals surface area contributed by atoms with E-state index in [1.54, 1.807) is 17.2 Å². The first-order valence-corrected chi connectivity index (χ1v) is 7.21. The minimum absolute atomic E-state index is 0.0586. The van der Waals surface area contributed by atoms with Gasteiger partial charge in [-0.05, 0) is 24.8 Å². The molecule has 3 unspecified atom stereocenters. The van der Waals surface area contributed by atoms with E-state index < -0.39 is 0 Å². The zero-order valence-corrected chi connectivity index (χ0v) is 11.7. The number of rotatable bonds is 1. The zero-order valence-electron chi connectivity index (χ0n) is 11.7. The Kier molecular flexibility index (Phi) is 3.91. The van der Waals surface area contributed by atoms with Gasteiger partial charge in [-0.2, -0.15) is 0 Å². The standard InChI is InChI=1S/C16H18N2O3/c19-5-1-2-11-6-13(8-17-7-11)16(21)18-9-12-3-4-15(20)14(12)10-18/h6-8,12,14-15,19-20H,3-5,9-10H2. The molecule has 2 aliphatic rings. The molecular weight excluding hydrogens is 268 g/mol. The summed E-state index contributed by atoms with van der Waals surface area (Å²) in [5, 5.41) is 18.6. The first kappa shape index (κ1) is 14.1. The Balaban J connectivity index is 1.74. The summed E-state index contributed by atoms with van der Waals surface area (Å²) in [7, 11) is 0. The zero-order chi connectivity index (χ0) is 14.8. The largest absolute Gasteiger partial charge is 0.393 e. The second kappa shape index (κ2) is 5.84. The average molecular weight is 286 g/mol. The van der Waals surface area contributed by atoms with Crippen LogP contribution in [0.25, 0.3) is 0 Å². The van der Waals surface area contributed by atoms with E-state index in [2.05, 4.69) is 16.8 Å². The Hall–Kier alpha value is -1.90. The number of fused-ring (bicyclic) bond motifs is 1. The summed E-state index contributed by atoms with van der Waals surface area (Å²) in [6.07, 6.45) is 4.69. The van der Waals surface area contributed by atoms with Crippen LogP contribution in [0.5, 0.6) is 0 Å². The minimum atomic E-state index is -0.271. The van der Waals surface area contributed by atoms with Crippen molar-refractivity contribution in [1.29, 1.82) is 0 Å². The maximum atomic E-state index is 12.5. The number of carbonyl (C=O) groups is 1. The van der Waals surface area contributed by atoms with E-state index in [1.165, 1.54) is 6.20 Å². The van der Waals surface area contributed by atoms with Crippen LogP contribution in [0, 0.1) is 23.7 Å². The second-order valence-corrected chi connectivity index (χ2v) is 5.70. The third-order valence-electron chi connectivity index (χ3n) is 4.40. The van der Waals surface area contributed by atoms with Crippen molar-refractivity contribution in [2.24, 2.45) is 11.8 Å². The molecule has 1 aliphatic carbocycles. The molecule has 2 N–H and O–H groups in total. The number of aromatic nitrogens is 1. The van der Waals surface area contributed by atoms with Gasteiger partial charge in [0, 0.05) is 37.0 Å². The van der Waals surface area contributed by atoms with E-state index in [9.17, 15) is 9.90 Å². The summed E-state index contributed by atoms with van der Waals surface area (Å²) in [5.74, 6) is 5.89. The molecule has 3 atom stereocenters. The highest BCUT2D eigenvalue weighted by atomic mass is 16.3. The van der Waals surface area contributed by atoms with Crippen LogP contribution in [0.3, 0.4) is 0 Å². The molecule has 110 valence electrons. The average Bonchev–Trinajstić information content (AvgIpc) is 3.07. The maximum absolute atomic E-state index is 12.5. The van der Waals surface area contributed by atoms with Crippen LogP contribution in [-0.4, -0.2) is 51.8 Å². The molecule has 2 heterocycles. The lowest BCUT2D eigenvalue weighted by atomic mass is 10.00. The molecule has 1 aliphatic heterocycles. The number of hydrogen-bond acceptors (Lipinski definition) is 4. The highest BCUT2D eigenvalue weighted by molar-refractivity contribution is 5.94. The number of hydrogen-bond donors (Lipinski definition) is 2. The molecule has 0 spiro atoms. The Morgan fingerprint density at radius 1 is 1.38 bits per heavy atom. The predicted molar refractivity (Wildman–Crippen MR) is 76.3 cm³/mol. The van der Waals surface area contributed by atoms with Crippen LogP contribution in [0.1, 0.15) is 28.8 Å². The molecule has 5 heteroatoms. The van der Waals surface area contributed by atoms with E-state index in [0.717, 1.165) is 12.8 Å². The van der Waals surface area contributed by atoms with Crippen LogP contribution in [0.15, 0.2) is 18.5 Å². The van der Waals surface area contributed by atoms with E-state index in [4.69, 9.17) is 5.11 Å². The number of aliphatic hydroxyl groups is 2. The molecule has 1 saturated heterocycles. The topological polar surface area (TPSA) is 73.7 Å². The van der Waals surface area contributed by atoms with Crippen molar-refractivity contribution in [3.63, 3.8) is 0 Å². The van der Waals surface area contributed by atoms with Gasteiger partial charge < -0.3 is 15.1 Å². The Labute approximate surface area is 123 Å². The summed E-state index contributed by atoms with van der Waals surface area (Å²) >= 11 is 0. The monoisotopic (exact) mass is 286 g/mol. The van der Waals surface area contributed by atoms with Gasteiger partial charge in [-0.25, -0.2) is 0 Å².